The maximum atomic E-state index is 14.1. The van der Waals surface area contributed by atoms with Crippen LogP contribution in [0.3, 0.4) is 0 Å². The Bertz CT molecular complexity index is 933. The topological polar surface area (TPSA) is 54.3 Å². The van der Waals surface area contributed by atoms with E-state index in [1.165, 1.54) is 17.4 Å². The number of halogens is 1. The molecule has 1 amide bonds. The van der Waals surface area contributed by atoms with E-state index >= 15 is 0 Å². The fraction of sp³-hybridized carbons (Fsp3) is 0.421. The second-order valence-corrected chi connectivity index (χ2v) is 7.98. The normalized spacial score (nSPS) is 11.7. The standard InChI is InChI=1S/C19H24FN5OS/c1-13(2)25-12-9-15(22-25)18(26)24(11-6-10-23(3)4)19-21-17-14(20)7-5-8-16(17)27-19/h5,7-9,12-13H,6,10-11H2,1-4H3. The number of nitrogens with zero attached hydrogens (tertiary/aromatic N) is 5. The molecule has 0 bridgehead atoms. The minimum absolute atomic E-state index is 0.172. The second-order valence-electron chi connectivity index (χ2n) is 6.97. The summed E-state index contributed by atoms with van der Waals surface area (Å²) in [6, 6.07) is 6.74. The third-order valence-electron chi connectivity index (χ3n) is 4.18. The van der Waals surface area contributed by atoms with Gasteiger partial charge in [0.25, 0.3) is 5.91 Å². The summed E-state index contributed by atoms with van der Waals surface area (Å²) < 4.78 is 16.5. The van der Waals surface area contributed by atoms with Gasteiger partial charge in [-0.05, 0) is 59.1 Å². The molecule has 0 spiro atoms. The first kappa shape index (κ1) is 19.4. The number of para-hydroxylation sites is 1. The summed E-state index contributed by atoms with van der Waals surface area (Å²) in [5.74, 6) is -0.590. The smallest absolute Gasteiger partial charge is 0.280 e. The molecule has 0 unspecified atom stereocenters. The van der Waals surface area contributed by atoms with Gasteiger partial charge < -0.3 is 4.90 Å². The van der Waals surface area contributed by atoms with Crippen LogP contribution in [0, 0.1) is 5.82 Å². The number of carbonyl (C=O) groups is 1. The van der Waals surface area contributed by atoms with Crippen LogP contribution in [0.4, 0.5) is 9.52 Å². The Hall–Kier alpha value is -2.32. The van der Waals surface area contributed by atoms with Crippen molar-refractivity contribution in [3.05, 3.63) is 42.0 Å². The molecule has 0 aliphatic heterocycles. The minimum Gasteiger partial charge on any atom is -0.309 e. The molecule has 0 aliphatic rings. The summed E-state index contributed by atoms with van der Waals surface area (Å²) in [7, 11) is 3.98. The first-order valence-corrected chi connectivity index (χ1v) is 9.75. The molecule has 0 saturated carbocycles. The van der Waals surface area contributed by atoms with Gasteiger partial charge in [-0.1, -0.05) is 17.4 Å². The number of aromatic nitrogens is 3. The van der Waals surface area contributed by atoms with E-state index in [9.17, 15) is 9.18 Å². The van der Waals surface area contributed by atoms with Crippen LogP contribution < -0.4 is 4.90 Å². The summed E-state index contributed by atoms with van der Waals surface area (Å²) in [5.41, 5.74) is 0.670. The van der Waals surface area contributed by atoms with Gasteiger partial charge in [-0.15, -0.1) is 0 Å². The van der Waals surface area contributed by atoms with Crippen LogP contribution in [0.1, 0.15) is 36.8 Å². The predicted octanol–water partition coefficient (Wildman–Crippen LogP) is 3.81. The van der Waals surface area contributed by atoms with Gasteiger partial charge in [0.15, 0.2) is 10.8 Å². The molecule has 1 aromatic carbocycles. The van der Waals surface area contributed by atoms with Crippen molar-refractivity contribution in [2.45, 2.75) is 26.3 Å². The molecule has 0 aliphatic carbocycles. The van der Waals surface area contributed by atoms with Gasteiger partial charge in [-0.25, -0.2) is 9.37 Å². The minimum atomic E-state index is -0.375. The molecule has 3 rings (SSSR count). The number of benzene rings is 1. The van der Waals surface area contributed by atoms with Gasteiger partial charge in [-0.2, -0.15) is 5.10 Å². The van der Waals surface area contributed by atoms with Gasteiger partial charge in [0.1, 0.15) is 11.3 Å². The van der Waals surface area contributed by atoms with Crippen LogP contribution >= 0.6 is 11.3 Å². The van der Waals surface area contributed by atoms with E-state index in [1.807, 2.05) is 34.0 Å². The van der Waals surface area contributed by atoms with E-state index in [1.54, 1.807) is 27.9 Å². The largest absolute Gasteiger partial charge is 0.309 e. The number of amides is 1. The molecule has 0 atom stereocenters. The average molecular weight is 390 g/mol. The number of hydrogen-bond acceptors (Lipinski definition) is 5. The number of anilines is 1. The first-order valence-electron chi connectivity index (χ1n) is 8.93. The Morgan fingerprint density at radius 2 is 2.04 bits per heavy atom. The molecule has 144 valence electrons. The van der Waals surface area contributed by atoms with Crippen molar-refractivity contribution in [2.24, 2.45) is 0 Å². The third kappa shape index (κ3) is 4.33. The Morgan fingerprint density at radius 1 is 1.26 bits per heavy atom. The lowest BCUT2D eigenvalue weighted by atomic mass is 10.3. The fourth-order valence-corrected chi connectivity index (χ4v) is 3.73. The molecule has 0 N–H and O–H groups in total. The SMILES string of the molecule is CC(C)n1ccc(C(=O)N(CCCN(C)C)c2nc3c(F)cccc3s2)n1. The Labute approximate surface area is 162 Å². The molecule has 2 heterocycles. The van der Waals surface area contributed by atoms with Crippen molar-refractivity contribution in [3.63, 3.8) is 0 Å². The van der Waals surface area contributed by atoms with Gasteiger partial charge in [-0.3, -0.25) is 14.4 Å². The molecule has 27 heavy (non-hydrogen) atoms. The van der Waals surface area contributed by atoms with Crippen LogP contribution in [0.5, 0.6) is 0 Å². The fourth-order valence-electron chi connectivity index (χ4n) is 2.73. The first-order chi connectivity index (χ1) is 12.9. The van der Waals surface area contributed by atoms with Crippen molar-refractivity contribution in [1.29, 1.82) is 0 Å². The van der Waals surface area contributed by atoms with E-state index in [-0.39, 0.29) is 17.8 Å². The van der Waals surface area contributed by atoms with Crippen LogP contribution in [-0.2, 0) is 0 Å². The zero-order chi connectivity index (χ0) is 19.6. The Morgan fingerprint density at radius 3 is 2.67 bits per heavy atom. The summed E-state index contributed by atoms with van der Waals surface area (Å²) in [4.78, 5) is 21.2. The summed E-state index contributed by atoms with van der Waals surface area (Å²) in [6.45, 7) is 5.34. The van der Waals surface area contributed by atoms with Crippen molar-refractivity contribution < 1.29 is 9.18 Å². The van der Waals surface area contributed by atoms with Crippen LogP contribution in [-0.4, -0.2) is 52.8 Å². The zero-order valence-corrected chi connectivity index (χ0v) is 16.8. The van der Waals surface area contributed by atoms with E-state index in [2.05, 4.69) is 15.0 Å². The Balaban J connectivity index is 1.93. The zero-order valence-electron chi connectivity index (χ0n) is 16.0. The molecule has 8 heteroatoms. The lowest BCUT2D eigenvalue weighted by Gasteiger charge is -2.20. The molecule has 0 radical (unpaired) electrons. The third-order valence-corrected chi connectivity index (χ3v) is 5.22. The summed E-state index contributed by atoms with van der Waals surface area (Å²) in [6.07, 6.45) is 2.58. The predicted molar refractivity (Wildman–Crippen MR) is 107 cm³/mol. The molecule has 0 fully saturated rings. The van der Waals surface area contributed by atoms with Crippen molar-refractivity contribution >= 4 is 32.6 Å². The molecule has 6 nitrogen and oxygen atoms in total. The maximum Gasteiger partial charge on any atom is 0.280 e. The van der Waals surface area contributed by atoms with E-state index in [0.717, 1.165) is 17.7 Å². The van der Waals surface area contributed by atoms with Crippen LogP contribution in [0.25, 0.3) is 10.2 Å². The molecule has 0 saturated heterocycles. The number of fused-ring (bicyclic) bond motifs is 1. The molecule has 3 aromatic rings. The van der Waals surface area contributed by atoms with Gasteiger partial charge >= 0.3 is 0 Å². The average Bonchev–Trinajstić information content (AvgIpc) is 3.25. The second kappa shape index (κ2) is 8.14. The highest BCUT2D eigenvalue weighted by atomic mass is 32.1. The molecule has 2 aromatic heterocycles. The maximum absolute atomic E-state index is 14.1. The summed E-state index contributed by atoms with van der Waals surface area (Å²) in [5, 5.41) is 4.89. The number of rotatable bonds is 7. The van der Waals surface area contributed by atoms with Gasteiger partial charge in [0.05, 0.1) is 4.70 Å². The van der Waals surface area contributed by atoms with Crippen LogP contribution in [0.15, 0.2) is 30.5 Å². The number of hydrogen-bond donors (Lipinski definition) is 0. The van der Waals surface area contributed by atoms with E-state index in [0.29, 0.717) is 22.9 Å². The van der Waals surface area contributed by atoms with Crippen LogP contribution in [0.2, 0.25) is 0 Å². The number of thiazole rings is 1. The van der Waals surface area contributed by atoms with Gasteiger partial charge in [0, 0.05) is 18.8 Å². The Kier molecular flexibility index (Phi) is 5.86. The highest BCUT2D eigenvalue weighted by molar-refractivity contribution is 7.22. The van der Waals surface area contributed by atoms with E-state index < -0.39 is 0 Å². The lowest BCUT2D eigenvalue weighted by molar-refractivity contribution is 0.0980. The van der Waals surface area contributed by atoms with E-state index in [4.69, 9.17) is 0 Å². The monoisotopic (exact) mass is 389 g/mol. The highest BCUT2D eigenvalue weighted by Gasteiger charge is 2.24. The molecular formula is C19H24FN5OS. The lowest BCUT2D eigenvalue weighted by Crippen LogP contribution is -2.33. The van der Waals surface area contributed by atoms with Crippen molar-refractivity contribution in [1.82, 2.24) is 19.7 Å². The highest BCUT2D eigenvalue weighted by Crippen LogP contribution is 2.31. The number of carbonyl (C=O) groups excluding carboxylic acids is 1. The molecular weight excluding hydrogens is 365 g/mol. The van der Waals surface area contributed by atoms with Crippen molar-refractivity contribution in [3.8, 4) is 0 Å². The van der Waals surface area contributed by atoms with Crippen molar-refractivity contribution in [2.75, 3.05) is 32.1 Å². The van der Waals surface area contributed by atoms with Gasteiger partial charge in [0.2, 0.25) is 0 Å². The quantitative estimate of drug-likeness (QED) is 0.617. The summed E-state index contributed by atoms with van der Waals surface area (Å²) >= 11 is 1.32.